The average Bonchev–Trinajstić information content (AvgIpc) is 3.39. The fourth-order valence-corrected chi connectivity index (χ4v) is 3.48. The van der Waals surface area contributed by atoms with Crippen LogP contribution in [-0.4, -0.2) is 31.4 Å². The number of aromatic amines is 1. The van der Waals surface area contributed by atoms with Gasteiger partial charge in [0.1, 0.15) is 5.69 Å². The van der Waals surface area contributed by atoms with Crippen molar-refractivity contribution in [3.63, 3.8) is 0 Å². The monoisotopic (exact) mass is 346 g/mol. The molecule has 0 unspecified atom stereocenters. The van der Waals surface area contributed by atoms with E-state index in [-0.39, 0.29) is 38.0 Å². The van der Waals surface area contributed by atoms with Crippen molar-refractivity contribution in [2.75, 3.05) is 0 Å². The highest BCUT2D eigenvalue weighted by atomic mass is 16.4. The Morgan fingerprint density at radius 2 is 1.80 bits per heavy atom. The van der Waals surface area contributed by atoms with Crippen molar-refractivity contribution in [1.29, 1.82) is 0 Å². The topological polar surface area (TPSA) is 140 Å². The SMILES string of the molecule is NCc1[nH]c(C(=O)O)c(C2CC2)c1-c1ccc(CO)c(CO)c1CO. The third-order valence-electron chi connectivity index (χ3n) is 4.80. The summed E-state index contributed by atoms with van der Waals surface area (Å²) in [6.07, 6.45) is 1.82. The Kier molecular flexibility index (Phi) is 4.91. The number of carboxylic acids is 1. The van der Waals surface area contributed by atoms with E-state index in [0.717, 1.165) is 12.8 Å². The first kappa shape index (κ1) is 17.6. The van der Waals surface area contributed by atoms with Gasteiger partial charge < -0.3 is 31.1 Å². The van der Waals surface area contributed by atoms with Crippen LogP contribution in [0.1, 0.15) is 57.2 Å². The predicted octanol–water partition coefficient (Wildman–Crippen LogP) is 1.19. The minimum absolute atomic E-state index is 0.128. The molecule has 1 aromatic heterocycles. The van der Waals surface area contributed by atoms with Gasteiger partial charge in [0.15, 0.2) is 0 Å². The highest BCUT2D eigenvalue weighted by molar-refractivity contribution is 5.93. The van der Waals surface area contributed by atoms with E-state index in [9.17, 15) is 25.2 Å². The molecule has 7 heteroatoms. The van der Waals surface area contributed by atoms with Gasteiger partial charge >= 0.3 is 5.97 Å². The van der Waals surface area contributed by atoms with Crippen molar-refractivity contribution in [3.05, 3.63) is 45.8 Å². The maximum absolute atomic E-state index is 11.7. The highest BCUT2D eigenvalue weighted by Crippen LogP contribution is 2.48. The van der Waals surface area contributed by atoms with Crippen molar-refractivity contribution < 1.29 is 25.2 Å². The van der Waals surface area contributed by atoms with Crippen LogP contribution >= 0.6 is 0 Å². The number of rotatable bonds is 7. The number of hydrogen-bond donors (Lipinski definition) is 6. The van der Waals surface area contributed by atoms with Gasteiger partial charge in [0.05, 0.1) is 19.8 Å². The lowest BCUT2D eigenvalue weighted by Crippen LogP contribution is -2.06. The van der Waals surface area contributed by atoms with Gasteiger partial charge in [0.25, 0.3) is 0 Å². The Balaban J connectivity index is 2.31. The van der Waals surface area contributed by atoms with E-state index in [4.69, 9.17) is 5.73 Å². The minimum atomic E-state index is -1.04. The van der Waals surface area contributed by atoms with Gasteiger partial charge in [-0.2, -0.15) is 0 Å². The van der Waals surface area contributed by atoms with Crippen molar-refractivity contribution >= 4 is 5.97 Å². The molecule has 0 bridgehead atoms. The second-order valence-electron chi connectivity index (χ2n) is 6.25. The fraction of sp³-hybridized carbons (Fsp3) is 0.389. The number of carbonyl (C=O) groups is 1. The van der Waals surface area contributed by atoms with Gasteiger partial charge in [-0.05, 0) is 46.6 Å². The number of nitrogens with two attached hydrogens (primary N) is 1. The minimum Gasteiger partial charge on any atom is -0.477 e. The van der Waals surface area contributed by atoms with Crippen LogP contribution in [0.5, 0.6) is 0 Å². The number of benzene rings is 1. The zero-order valence-electron chi connectivity index (χ0n) is 13.7. The molecule has 0 atom stereocenters. The Hall–Kier alpha value is -2.19. The van der Waals surface area contributed by atoms with E-state index in [1.54, 1.807) is 12.1 Å². The molecular weight excluding hydrogens is 324 g/mol. The third-order valence-corrected chi connectivity index (χ3v) is 4.80. The lowest BCUT2D eigenvalue weighted by Gasteiger charge is -2.17. The molecule has 0 aliphatic heterocycles. The molecule has 3 rings (SSSR count). The third kappa shape index (κ3) is 2.96. The fourth-order valence-electron chi connectivity index (χ4n) is 3.48. The summed E-state index contributed by atoms with van der Waals surface area (Å²) < 4.78 is 0. The zero-order valence-corrected chi connectivity index (χ0v) is 13.7. The second kappa shape index (κ2) is 6.97. The van der Waals surface area contributed by atoms with Crippen molar-refractivity contribution in [1.82, 2.24) is 4.98 Å². The molecule has 1 aliphatic rings. The van der Waals surface area contributed by atoms with E-state index in [1.807, 2.05) is 0 Å². The lowest BCUT2D eigenvalue weighted by atomic mass is 9.89. The van der Waals surface area contributed by atoms with Gasteiger partial charge in [0, 0.05) is 17.8 Å². The van der Waals surface area contributed by atoms with Gasteiger partial charge in [0.2, 0.25) is 0 Å². The molecule has 1 saturated carbocycles. The summed E-state index contributed by atoms with van der Waals surface area (Å²) in [5, 5.41) is 38.6. The number of H-pyrrole nitrogens is 1. The van der Waals surface area contributed by atoms with Crippen molar-refractivity contribution in [2.45, 2.75) is 45.1 Å². The normalized spacial score (nSPS) is 14.1. The molecule has 25 heavy (non-hydrogen) atoms. The molecule has 0 spiro atoms. The van der Waals surface area contributed by atoms with Gasteiger partial charge in [-0.15, -0.1) is 0 Å². The summed E-state index contributed by atoms with van der Waals surface area (Å²) >= 11 is 0. The number of aromatic carboxylic acids is 1. The zero-order chi connectivity index (χ0) is 18.1. The highest BCUT2D eigenvalue weighted by Gasteiger charge is 2.35. The number of hydrogen-bond acceptors (Lipinski definition) is 5. The van der Waals surface area contributed by atoms with Gasteiger partial charge in [-0.3, -0.25) is 0 Å². The smallest absolute Gasteiger partial charge is 0.352 e. The van der Waals surface area contributed by atoms with Gasteiger partial charge in [-0.25, -0.2) is 4.79 Å². The molecule has 0 saturated heterocycles. The lowest BCUT2D eigenvalue weighted by molar-refractivity contribution is 0.0689. The maximum atomic E-state index is 11.7. The van der Waals surface area contributed by atoms with E-state index < -0.39 is 5.97 Å². The number of aliphatic hydroxyl groups is 3. The summed E-state index contributed by atoms with van der Waals surface area (Å²) in [5.41, 5.74) is 10.1. The van der Waals surface area contributed by atoms with Crippen LogP contribution in [0.25, 0.3) is 11.1 Å². The molecule has 7 N–H and O–H groups in total. The molecule has 1 fully saturated rings. The summed E-state index contributed by atoms with van der Waals surface area (Å²) in [4.78, 5) is 14.6. The predicted molar refractivity (Wildman–Crippen MR) is 90.8 cm³/mol. The van der Waals surface area contributed by atoms with Crippen LogP contribution in [0.2, 0.25) is 0 Å². The first-order chi connectivity index (χ1) is 12.1. The Bertz CT molecular complexity index is 808. The van der Waals surface area contributed by atoms with Crippen LogP contribution in [-0.2, 0) is 26.4 Å². The second-order valence-corrected chi connectivity index (χ2v) is 6.25. The Morgan fingerprint density at radius 3 is 2.28 bits per heavy atom. The number of nitrogens with one attached hydrogen (secondary N) is 1. The summed E-state index contributed by atoms with van der Waals surface area (Å²) in [7, 11) is 0. The quantitative estimate of drug-likeness (QED) is 0.445. The summed E-state index contributed by atoms with van der Waals surface area (Å²) in [6.45, 7) is -0.785. The number of carboxylic acid groups (broad SMARTS) is 1. The van der Waals surface area contributed by atoms with E-state index in [0.29, 0.717) is 39.1 Å². The molecule has 0 amide bonds. The Labute approximate surface area is 144 Å². The standard InChI is InChI=1S/C18H22N2O5/c19-5-14-16(15(9-1-2-9)17(20-14)18(24)25)11-4-3-10(6-21)12(7-22)13(11)8-23/h3-4,9,20-23H,1-2,5-8,19H2,(H,24,25). The van der Waals surface area contributed by atoms with Crippen LogP contribution in [0.4, 0.5) is 0 Å². The largest absolute Gasteiger partial charge is 0.477 e. The maximum Gasteiger partial charge on any atom is 0.352 e. The van der Waals surface area contributed by atoms with Crippen molar-refractivity contribution in [3.8, 4) is 11.1 Å². The van der Waals surface area contributed by atoms with E-state index in [1.165, 1.54) is 0 Å². The first-order valence-electron chi connectivity index (χ1n) is 8.21. The van der Waals surface area contributed by atoms with Crippen LogP contribution in [0.15, 0.2) is 12.1 Å². The van der Waals surface area contributed by atoms with Crippen molar-refractivity contribution in [2.24, 2.45) is 5.73 Å². The van der Waals surface area contributed by atoms with Crippen LogP contribution in [0, 0.1) is 0 Å². The molecule has 2 aromatic rings. The van der Waals surface area contributed by atoms with Crippen LogP contribution in [0.3, 0.4) is 0 Å². The average molecular weight is 346 g/mol. The molecule has 134 valence electrons. The molecular formula is C18H22N2O5. The Morgan fingerprint density at radius 1 is 1.12 bits per heavy atom. The van der Waals surface area contributed by atoms with Crippen LogP contribution < -0.4 is 5.73 Å². The summed E-state index contributed by atoms with van der Waals surface area (Å²) in [6, 6.07) is 3.43. The van der Waals surface area contributed by atoms with E-state index >= 15 is 0 Å². The van der Waals surface area contributed by atoms with E-state index in [2.05, 4.69) is 4.98 Å². The molecule has 1 aromatic carbocycles. The molecule has 1 heterocycles. The summed E-state index contributed by atoms with van der Waals surface area (Å²) in [5.74, 6) is -0.887. The molecule has 1 aliphatic carbocycles. The number of aliphatic hydroxyl groups excluding tert-OH is 3. The molecule has 7 nitrogen and oxygen atoms in total. The number of aromatic nitrogens is 1. The van der Waals surface area contributed by atoms with Gasteiger partial charge in [-0.1, -0.05) is 12.1 Å². The first-order valence-corrected chi connectivity index (χ1v) is 8.21. The molecule has 0 radical (unpaired) electrons.